The molecule has 2 amide bonds. The Bertz CT molecular complexity index is 531. The lowest BCUT2D eigenvalue weighted by atomic mass is 10.1. The van der Waals surface area contributed by atoms with E-state index in [1.807, 2.05) is 0 Å². The van der Waals surface area contributed by atoms with Crippen LogP contribution in [0.5, 0.6) is 0 Å². The molecule has 0 aliphatic heterocycles. The summed E-state index contributed by atoms with van der Waals surface area (Å²) in [5.41, 5.74) is 9.70. The first kappa shape index (κ1) is 14.4. The lowest BCUT2D eigenvalue weighted by Gasteiger charge is -2.12. The highest BCUT2D eigenvalue weighted by Crippen LogP contribution is 2.19. The first-order valence-corrected chi connectivity index (χ1v) is 5.30. The maximum atomic E-state index is 11.9. The number of nitro groups is 1. The summed E-state index contributed by atoms with van der Waals surface area (Å²) < 4.78 is 0. The third-order valence-electron chi connectivity index (χ3n) is 2.23. The van der Waals surface area contributed by atoms with Gasteiger partial charge in [-0.2, -0.15) is 0 Å². The van der Waals surface area contributed by atoms with Crippen LogP contribution in [-0.2, 0) is 4.79 Å². The van der Waals surface area contributed by atoms with Crippen molar-refractivity contribution >= 4 is 23.3 Å². The number of carbonyl (C=O) groups excluding carboxylic acids is 2. The second-order valence-corrected chi connectivity index (χ2v) is 3.93. The molecule has 9 heteroatoms. The Balaban J connectivity index is 2.95. The lowest BCUT2D eigenvalue weighted by Crippen LogP contribution is -2.36. The minimum atomic E-state index is -0.736. The van der Waals surface area contributed by atoms with Gasteiger partial charge in [-0.1, -0.05) is 0 Å². The van der Waals surface area contributed by atoms with Gasteiger partial charge in [0, 0.05) is 12.5 Å². The topological polar surface area (TPSA) is 154 Å². The molecule has 0 aliphatic carbocycles. The molecule has 0 fully saturated rings. The van der Waals surface area contributed by atoms with Crippen LogP contribution in [0.15, 0.2) is 12.3 Å². The Morgan fingerprint density at radius 3 is 2.74 bits per heavy atom. The second-order valence-electron chi connectivity index (χ2n) is 3.93. The molecule has 0 saturated heterocycles. The number of hydrogen-bond acceptors (Lipinski definition) is 6. The number of nitrogen functional groups attached to an aromatic ring is 1. The number of anilines is 1. The molecule has 0 spiro atoms. The smallest absolute Gasteiger partial charge is 0.300 e. The first-order chi connectivity index (χ1) is 8.81. The van der Waals surface area contributed by atoms with Crippen LogP contribution in [0.2, 0.25) is 0 Å². The fourth-order valence-corrected chi connectivity index (χ4v) is 1.45. The summed E-state index contributed by atoms with van der Waals surface area (Å²) in [6, 6.07) is 0.559. The van der Waals surface area contributed by atoms with Crippen molar-refractivity contribution in [2.75, 3.05) is 5.73 Å². The van der Waals surface area contributed by atoms with Gasteiger partial charge in [0.2, 0.25) is 5.91 Å². The zero-order chi connectivity index (χ0) is 14.6. The molecule has 1 rings (SSSR count). The highest BCUT2D eigenvalue weighted by Gasteiger charge is 2.22. The van der Waals surface area contributed by atoms with Gasteiger partial charge in [0.15, 0.2) is 0 Å². The molecule has 1 heterocycles. The standard InChI is InChI=1S/C10H13N5O4/c1-5(2-9(12)16)14-10(17)6-3-8(11)13-4-7(6)15(18)19/h3-5H,2H2,1H3,(H2,11,13)(H2,12,16)(H,14,17). The minimum Gasteiger partial charge on any atom is -0.384 e. The molecule has 0 radical (unpaired) electrons. The van der Waals surface area contributed by atoms with Gasteiger partial charge in [0.1, 0.15) is 17.6 Å². The van der Waals surface area contributed by atoms with Crippen molar-refractivity contribution in [2.24, 2.45) is 5.73 Å². The molecule has 9 nitrogen and oxygen atoms in total. The summed E-state index contributed by atoms with van der Waals surface area (Å²) in [5, 5.41) is 13.2. The lowest BCUT2D eigenvalue weighted by molar-refractivity contribution is -0.385. The quantitative estimate of drug-likeness (QED) is 0.485. The molecule has 0 bridgehead atoms. The number of nitrogens with zero attached hydrogens (tertiary/aromatic N) is 2. The fraction of sp³-hybridized carbons (Fsp3) is 0.300. The number of amides is 2. The molecular weight excluding hydrogens is 254 g/mol. The molecule has 0 saturated carbocycles. The van der Waals surface area contributed by atoms with E-state index in [1.165, 1.54) is 0 Å². The molecule has 19 heavy (non-hydrogen) atoms. The number of pyridine rings is 1. The van der Waals surface area contributed by atoms with Gasteiger partial charge in [-0.05, 0) is 13.0 Å². The van der Waals surface area contributed by atoms with Gasteiger partial charge in [-0.25, -0.2) is 4.98 Å². The SMILES string of the molecule is CC(CC(N)=O)NC(=O)c1cc(N)ncc1[N+](=O)[O-]. The average molecular weight is 267 g/mol. The van der Waals surface area contributed by atoms with E-state index in [4.69, 9.17) is 11.5 Å². The normalized spacial score (nSPS) is 11.6. The highest BCUT2D eigenvalue weighted by atomic mass is 16.6. The summed E-state index contributed by atoms with van der Waals surface area (Å²) in [7, 11) is 0. The monoisotopic (exact) mass is 267 g/mol. The van der Waals surface area contributed by atoms with Gasteiger partial charge < -0.3 is 16.8 Å². The van der Waals surface area contributed by atoms with Crippen LogP contribution in [0.3, 0.4) is 0 Å². The molecule has 1 atom stereocenters. The fourth-order valence-electron chi connectivity index (χ4n) is 1.45. The predicted octanol–water partition coefficient (Wildman–Crippen LogP) is -0.434. The molecule has 1 unspecified atom stereocenters. The number of primary amides is 1. The Morgan fingerprint density at radius 2 is 2.21 bits per heavy atom. The summed E-state index contributed by atoms with van der Waals surface area (Å²) in [5.74, 6) is -1.32. The van der Waals surface area contributed by atoms with Crippen LogP contribution in [0, 0.1) is 10.1 Å². The molecule has 1 aromatic rings. The van der Waals surface area contributed by atoms with E-state index in [9.17, 15) is 19.7 Å². The van der Waals surface area contributed by atoms with Crippen molar-refractivity contribution in [3.05, 3.63) is 27.9 Å². The van der Waals surface area contributed by atoms with Crippen LogP contribution in [0.1, 0.15) is 23.7 Å². The van der Waals surface area contributed by atoms with E-state index in [2.05, 4.69) is 10.3 Å². The van der Waals surface area contributed by atoms with Gasteiger partial charge in [-0.3, -0.25) is 19.7 Å². The van der Waals surface area contributed by atoms with Crippen LogP contribution in [-0.4, -0.2) is 27.8 Å². The number of rotatable bonds is 5. The minimum absolute atomic E-state index is 0.0155. The summed E-state index contributed by atoms with van der Waals surface area (Å²) in [6.07, 6.45) is 0.836. The number of nitrogens with two attached hydrogens (primary N) is 2. The molecule has 0 aromatic carbocycles. The Hall–Kier alpha value is -2.71. The molecule has 1 aromatic heterocycles. The average Bonchev–Trinajstić information content (AvgIpc) is 2.26. The Kier molecular flexibility index (Phi) is 4.35. The Labute approximate surface area is 108 Å². The van der Waals surface area contributed by atoms with E-state index in [-0.39, 0.29) is 17.8 Å². The highest BCUT2D eigenvalue weighted by molar-refractivity contribution is 5.99. The summed E-state index contributed by atoms with van der Waals surface area (Å²) in [6.45, 7) is 1.55. The van der Waals surface area contributed by atoms with E-state index in [1.54, 1.807) is 6.92 Å². The predicted molar refractivity (Wildman–Crippen MR) is 66.0 cm³/mol. The zero-order valence-corrected chi connectivity index (χ0v) is 10.1. The van der Waals surface area contributed by atoms with Gasteiger partial charge in [0.25, 0.3) is 11.6 Å². The van der Waals surface area contributed by atoms with Crippen molar-refractivity contribution in [3.8, 4) is 0 Å². The summed E-state index contributed by atoms with van der Waals surface area (Å²) in [4.78, 5) is 36.1. The molecule has 5 N–H and O–H groups in total. The van der Waals surface area contributed by atoms with Crippen molar-refractivity contribution in [3.63, 3.8) is 0 Å². The van der Waals surface area contributed by atoms with Gasteiger partial charge >= 0.3 is 0 Å². The van der Waals surface area contributed by atoms with Crippen molar-refractivity contribution in [1.29, 1.82) is 0 Å². The number of nitrogens with one attached hydrogen (secondary N) is 1. The maximum absolute atomic E-state index is 11.9. The summed E-state index contributed by atoms with van der Waals surface area (Å²) >= 11 is 0. The third kappa shape index (κ3) is 3.91. The first-order valence-electron chi connectivity index (χ1n) is 5.30. The zero-order valence-electron chi connectivity index (χ0n) is 10.1. The van der Waals surface area contributed by atoms with Crippen molar-refractivity contribution < 1.29 is 14.5 Å². The van der Waals surface area contributed by atoms with E-state index >= 15 is 0 Å². The second kappa shape index (κ2) is 5.76. The van der Waals surface area contributed by atoms with E-state index < -0.39 is 28.5 Å². The maximum Gasteiger partial charge on any atom is 0.300 e. The molecule has 0 aliphatic rings. The van der Waals surface area contributed by atoms with Crippen LogP contribution in [0.4, 0.5) is 11.5 Å². The number of carbonyl (C=O) groups is 2. The largest absolute Gasteiger partial charge is 0.384 e. The van der Waals surface area contributed by atoms with Gasteiger partial charge in [0.05, 0.1) is 4.92 Å². The third-order valence-corrected chi connectivity index (χ3v) is 2.23. The number of aromatic nitrogens is 1. The van der Waals surface area contributed by atoms with Crippen molar-refractivity contribution in [2.45, 2.75) is 19.4 Å². The van der Waals surface area contributed by atoms with E-state index in [0.29, 0.717) is 0 Å². The Morgan fingerprint density at radius 1 is 1.58 bits per heavy atom. The number of hydrogen-bond donors (Lipinski definition) is 3. The van der Waals surface area contributed by atoms with Crippen molar-refractivity contribution in [1.82, 2.24) is 10.3 Å². The van der Waals surface area contributed by atoms with Crippen LogP contribution < -0.4 is 16.8 Å². The van der Waals surface area contributed by atoms with Crippen LogP contribution in [0.25, 0.3) is 0 Å². The molecular formula is C10H13N5O4. The van der Waals surface area contributed by atoms with Crippen LogP contribution >= 0.6 is 0 Å². The molecule has 102 valence electrons. The van der Waals surface area contributed by atoms with E-state index in [0.717, 1.165) is 12.3 Å². The van der Waals surface area contributed by atoms with Gasteiger partial charge in [-0.15, -0.1) is 0 Å².